The van der Waals surface area contributed by atoms with Gasteiger partial charge in [0.15, 0.2) is 5.65 Å². The normalized spacial score (nSPS) is 14.6. The molecule has 0 aliphatic heterocycles. The molecule has 104 valence electrons. The third-order valence-corrected chi connectivity index (χ3v) is 3.20. The molecule has 2 atom stereocenters. The van der Waals surface area contributed by atoms with Crippen molar-refractivity contribution in [3.8, 4) is 5.88 Å². The number of aromatic nitrogens is 3. The largest absolute Gasteiger partial charge is 0.481 e. The van der Waals surface area contributed by atoms with E-state index in [9.17, 15) is 0 Å². The fraction of sp³-hybridized carbons (Fsp3) is 0.538. The Kier molecular flexibility index (Phi) is 4.27. The van der Waals surface area contributed by atoms with Crippen molar-refractivity contribution < 1.29 is 9.47 Å². The average molecular weight is 284 g/mol. The van der Waals surface area contributed by atoms with Gasteiger partial charge in [-0.3, -0.25) is 0 Å². The van der Waals surface area contributed by atoms with E-state index in [0.29, 0.717) is 12.4 Å². The summed E-state index contributed by atoms with van der Waals surface area (Å²) in [6.45, 7) is 4.54. The van der Waals surface area contributed by atoms with Gasteiger partial charge in [0.05, 0.1) is 25.1 Å². The van der Waals surface area contributed by atoms with Gasteiger partial charge in [0.25, 0.3) is 0 Å². The first-order valence-corrected chi connectivity index (χ1v) is 6.58. The maximum absolute atomic E-state index is 6.20. The van der Waals surface area contributed by atoms with Crippen LogP contribution < -0.4 is 4.74 Å². The van der Waals surface area contributed by atoms with Crippen LogP contribution in [0.15, 0.2) is 12.1 Å². The van der Waals surface area contributed by atoms with E-state index in [-0.39, 0.29) is 11.5 Å². The van der Waals surface area contributed by atoms with Crippen molar-refractivity contribution in [2.75, 3.05) is 14.2 Å². The van der Waals surface area contributed by atoms with Gasteiger partial charge in [0, 0.05) is 13.2 Å². The highest BCUT2D eigenvalue weighted by atomic mass is 35.5. The zero-order valence-electron chi connectivity index (χ0n) is 11.6. The molecular formula is C13H18ClN3O2. The molecule has 5 nitrogen and oxygen atoms in total. The van der Waals surface area contributed by atoms with Crippen LogP contribution in [0.4, 0.5) is 0 Å². The van der Waals surface area contributed by atoms with Crippen molar-refractivity contribution in [3.05, 3.63) is 18.0 Å². The molecule has 19 heavy (non-hydrogen) atoms. The lowest BCUT2D eigenvalue weighted by atomic mass is 10.3. The molecule has 6 heteroatoms. The van der Waals surface area contributed by atoms with Gasteiger partial charge < -0.3 is 14.0 Å². The summed E-state index contributed by atoms with van der Waals surface area (Å²) < 4.78 is 12.5. The molecule has 0 fully saturated rings. The molecule has 0 aliphatic rings. The van der Waals surface area contributed by atoms with E-state index >= 15 is 0 Å². The van der Waals surface area contributed by atoms with Crippen LogP contribution in [-0.4, -0.2) is 34.9 Å². The summed E-state index contributed by atoms with van der Waals surface area (Å²) in [7, 11) is 3.28. The summed E-state index contributed by atoms with van der Waals surface area (Å²) in [5.74, 6) is 1.36. The zero-order chi connectivity index (χ0) is 14.0. The van der Waals surface area contributed by atoms with E-state index in [4.69, 9.17) is 21.1 Å². The van der Waals surface area contributed by atoms with Gasteiger partial charge in [-0.1, -0.05) is 0 Å². The standard InChI is InChI=1S/C13H18ClN3O2/c1-8(18-3)7-17-12(9(2)14)15-10-5-6-11(19-4)16-13(10)17/h5-6,8-9H,7H2,1-4H3. The molecule has 2 rings (SSSR count). The number of imidazole rings is 1. The van der Waals surface area contributed by atoms with Crippen LogP contribution in [0.25, 0.3) is 11.2 Å². The smallest absolute Gasteiger partial charge is 0.215 e. The molecule has 2 heterocycles. The summed E-state index contributed by atoms with van der Waals surface area (Å²) in [6.07, 6.45) is 0.0552. The molecule has 0 amide bonds. The van der Waals surface area contributed by atoms with Gasteiger partial charge in [0.1, 0.15) is 11.3 Å². The van der Waals surface area contributed by atoms with Gasteiger partial charge in [-0.25, -0.2) is 4.98 Å². The molecule has 2 unspecified atom stereocenters. The number of hydrogen-bond donors (Lipinski definition) is 0. The van der Waals surface area contributed by atoms with Crippen LogP contribution in [0.2, 0.25) is 0 Å². The molecule has 0 N–H and O–H groups in total. The number of ether oxygens (including phenoxy) is 2. The van der Waals surface area contributed by atoms with E-state index in [2.05, 4.69) is 9.97 Å². The van der Waals surface area contributed by atoms with Crippen molar-refractivity contribution >= 4 is 22.8 Å². The minimum Gasteiger partial charge on any atom is -0.481 e. The van der Waals surface area contributed by atoms with Gasteiger partial charge in [-0.15, -0.1) is 11.6 Å². The van der Waals surface area contributed by atoms with Crippen molar-refractivity contribution in [1.29, 1.82) is 0 Å². The maximum atomic E-state index is 6.20. The lowest BCUT2D eigenvalue weighted by Crippen LogP contribution is -2.17. The number of pyridine rings is 1. The number of alkyl halides is 1. The van der Waals surface area contributed by atoms with Gasteiger partial charge in [-0.05, 0) is 19.9 Å². The van der Waals surface area contributed by atoms with Crippen LogP contribution in [0.5, 0.6) is 5.88 Å². The van der Waals surface area contributed by atoms with Crippen molar-refractivity contribution in [1.82, 2.24) is 14.5 Å². The van der Waals surface area contributed by atoms with Gasteiger partial charge >= 0.3 is 0 Å². The number of nitrogens with zero attached hydrogens (tertiary/aromatic N) is 3. The van der Waals surface area contributed by atoms with E-state index < -0.39 is 0 Å². The van der Waals surface area contributed by atoms with Crippen LogP contribution in [0.1, 0.15) is 25.0 Å². The minimum absolute atomic E-state index is 0.0552. The first-order chi connectivity index (χ1) is 9.06. The molecule has 0 bridgehead atoms. The monoisotopic (exact) mass is 283 g/mol. The Labute approximate surface area is 117 Å². The summed E-state index contributed by atoms with van der Waals surface area (Å²) in [4.78, 5) is 8.98. The topological polar surface area (TPSA) is 49.2 Å². The Balaban J connectivity index is 2.56. The zero-order valence-corrected chi connectivity index (χ0v) is 12.3. The molecule has 0 aromatic carbocycles. The van der Waals surface area contributed by atoms with E-state index in [0.717, 1.165) is 17.0 Å². The van der Waals surface area contributed by atoms with Crippen LogP contribution >= 0.6 is 11.6 Å². The lowest BCUT2D eigenvalue weighted by molar-refractivity contribution is 0.103. The first-order valence-electron chi connectivity index (χ1n) is 6.14. The Bertz CT molecular complexity index is 568. The van der Waals surface area contributed by atoms with Crippen molar-refractivity contribution in [2.45, 2.75) is 31.9 Å². The van der Waals surface area contributed by atoms with Crippen LogP contribution in [0, 0.1) is 0 Å². The van der Waals surface area contributed by atoms with Crippen LogP contribution in [-0.2, 0) is 11.3 Å². The number of halogens is 1. The second-order valence-corrected chi connectivity index (χ2v) is 5.09. The third kappa shape index (κ3) is 2.82. The Morgan fingerprint density at radius 3 is 2.58 bits per heavy atom. The SMILES string of the molecule is COc1ccc2nc(C(C)Cl)n(CC(C)OC)c2n1. The fourth-order valence-electron chi connectivity index (χ4n) is 1.93. The second kappa shape index (κ2) is 5.75. The Morgan fingerprint density at radius 1 is 1.26 bits per heavy atom. The fourth-order valence-corrected chi connectivity index (χ4v) is 2.10. The average Bonchev–Trinajstić information content (AvgIpc) is 2.76. The van der Waals surface area contributed by atoms with Gasteiger partial charge in [0.2, 0.25) is 5.88 Å². The first kappa shape index (κ1) is 14.1. The van der Waals surface area contributed by atoms with Crippen molar-refractivity contribution in [3.63, 3.8) is 0 Å². The molecule has 0 spiro atoms. The highest BCUT2D eigenvalue weighted by molar-refractivity contribution is 6.20. The van der Waals surface area contributed by atoms with Crippen molar-refractivity contribution in [2.24, 2.45) is 0 Å². The minimum atomic E-state index is -0.191. The second-order valence-electron chi connectivity index (χ2n) is 4.44. The lowest BCUT2D eigenvalue weighted by Gasteiger charge is -2.14. The number of methoxy groups -OCH3 is 2. The van der Waals surface area contributed by atoms with E-state index in [1.165, 1.54) is 0 Å². The van der Waals surface area contributed by atoms with Gasteiger partial charge in [-0.2, -0.15) is 4.98 Å². The Morgan fingerprint density at radius 2 is 2.00 bits per heavy atom. The predicted octanol–water partition coefficient (Wildman–Crippen LogP) is 2.77. The summed E-state index contributed by atoms with van der Waals surface area (Å²) in [5.41, 5.74) is 1.58. The molecule has 0 radical (unpaired) electrons. The predicted molar refractivity (Wildman–Crippen MR) is 74.8 cm³/mol. The number of fused-ring (bicyclic) bond motifs is 1. The van der Waals surface area contributed by atoms with Crippen LogP contribution in [0.3, 0.4) is 0 Å². The van der Waals surface area contributed by atoms with E-state index in [1.54, 1.807) is 20.3 Å². The molecule has 0 aliphatic carbocycles. The third-order valence-electron chi connectivity index (χ3n) is 3.00. The maximum Gasteiger partial charge on any atom is 0.215 e. The Hall–Kier alpha value is -1.33. The van der Waals surface area contributed by atoms with E-state index in [1.807, 2.05) is 24.5 Å². The highest BCUT2D eigenvalue weighted by Gasteiger charge is 2.18. The highest BCUT2D eigenvalue weighted by Crippen LogP contribution is 2.25. The summed E-state index contributed by atoms with van der Waals surface area (Å²) >= 11 is 6.20. The number of hydrogen-bond acceptors (Lipinski definition) is 4. The molecule has 0 saturated heterocycles. The summed E-state index contributed by atoms with van der Waals surface area (Å²) in [6, 6.07) is 3.68. The molecule has 2 aromatic rings. The molecule has 2 aromatic heterocycles. The molecule has 0 saturated carbocycles. The summed E-state index contributed by atoms with van der Waals surface area (Å²) in [5, 5.41) is -0.191. The number of rotatable bonds is 5. The molecular weight excluding hydrogens is 266 g/mol. The quantitative estimate of drug-likeness (QED) is 0.792.